The fraction of sp³-hybridized carbons (Fsp3) is 0.455. The van der Waals surface area contributed by atoms with Crippen LogP contribution >= 0.6 is 0 Å². The first-order valence-electron chi connectivity index (χ1n) is 10.4. The highest BCUT2D eigenvalue weighted by molar-refractivity contribution is 7.96. The topological polar surface area (TPSA) is 107 Å². The van der Waals surface area contributed by atoms with Gasteiger partial charge in [-0.1, -0.05) is 51.0 Å². The van der Waals surface area contributed by atoms with Gasteiger partial charge in [0, 0.05) is 17.7 Å². The number of hydrogen-bond donors (Lipinski definition) is 1. The van der Waals surface area contributed by atoms with Gasteiger partial charge in [-0.05, 0) is 46.5 Å². The molecule has 2 aromatic rings. The summed E-state index contributed by atoms with van der Waals surface area (Å²) in [5.41, 5.74) is 3.34. The maximum absolute atomic E-state index is 11.3. The summed E-state index contributed by atoms with van der Waals surface area (Å²) >= 11 is 0. The van der Waals surface area contributed by atoms with Crippen LogP contribution in [0, 0.1) is 10.1 Å². The molecule has 0 heterocycles. The summed E-state index contributed by atoms with van der Waals surface area (Å²) in [6.07, 6.45) is 4.65. The molecule has 9 heteroatoms. The summed E-state index contributed by atoms with van der Waals surface area (Å²) in [7, 11) is -4.29. The van der Waals surface area contributed by atoms with Crippen LogP contribution in [-0.2, 0) is 37.8 Å². The first-order chi connectivity index (χ1) is 14.7. The van der Waals surface area contributed by atoms with Crippen LogP contribution in [0.15, 0.2) is 42.5 Å². The Morgan fingerprint density at radius 1 is 1.03 bits per heavy atom. The number of nitrogens with zero attached hydrogens (tertiary/aromatic N) is 1. The van der Waals surface area contributed by atoms with Gasteiger partial charge >= 0.3 is 10.4 Å². The molecule has 2 aromatic carbocycles. The van der Waals surface area contributed by atoms with Crippen LogP contribution in [0.3, 0.4) is 0 Å². The van der Waals surface area contributed by atoms with Crippen LogP contribution in [0.25, 0.3) is 11.1 Å². The summed E-state index contributed by atoms with van der Waals surface area (Å²) in [5, 5.41) is 11.3. The minimum Gasteiger partial charge on any atom is -0.264 e. The van der Waals surface area contributed by atoms with Crippen LogP contribution in [-0.4, -0.2) is 29.4 Å². The summed E-state index contributed by atoms with van der Waals surface area (Å²) in [6.45, 7) is 4.09. The Hall–Kier alpha value is -1.94. The van der Waals surface area contributed by atoms with E-state index in [2.05, 4.69) is 18.0 Å². The van der Waals surface area contributed by atoms with Gasteiger partial charge < -0.3 is 0 Å². The molecule has 170 valence electrons. The molecule has 0 aliphatic heterocycles. The first-order valence-corrected chi connectivity index (χ1v) is 13.5. The number of nitro groups is 1. The van der Waals surface area contributed by atoms with Crippen molar-refractivity contribution in [2.45, 2.75) is 51.9 Å². The molecule has 0 aliphatic rings. The normalized spacial score (nSPS) is 11.7. The second-order valence-electron chi connectivity index (χ2n) is 7.36. The Labute approximate surface area is 187 Å². The van der Waals surface area contributed by atoms with Gasteiger partial charge in [0.25, 0.3) is 5.69 Å². The minimum absolute atomic E-state index is 0.0412. The maximum atomic E-state index is 11.3. The largest absolute Gasteiger partial charge is 0.397 e. The molecule has 0 aliphatic carbocycles. The lowest BCUT2D eigenvalue weighted by atomic mass is 9.99. The third-order valence-corrected chi connectivity index (χ3v) is 7.74. The zero-order chi connectivity index (χ0) is 22.9. The van der Waals surface area contributed by atoms with Crippen molar-refractivity contribution in [1.82, 2.24) is 0 Å². The van der Waals surface area contributed by atoms with Crippen LogP contribution in [0.2, 0.25) is 0 Å². The van der Waals surface area contributed by atoms with Crippen molar-refractivity contribution in [3.05, 3.63) is 63.7 Å². The molecular formula is C22H30NO6S2+. The molecule has 0 saturated heterocycles. The van der Waals surface area contributed by atoms with E-state index in [1.807, 2.05) is 6.07 Å². The van der Waals surface area contributed by atoms with Crippen LogP contribution in [0.4, 0.5) is 5.69 Å². The maximum Gasteiger partial charge on any atom is 0.397 e. The van der Waals surface area contributed by atoms with E-state index in [0.717, 1.165) is 35.3 Å². The van der Waals surface area contributed by atoms with Crippen LogP contribution in [0.1, 0.15) is 50.7 Å². The zero-order valence-electron chi connectivity index (χ0n) is 18.0. The molecule has 0 bridgehead atoms. The Bertz CT molecular complexity index is 952. The van der Waals surface area contributed by atoms with E-state index in [1.54, 1.807) is 36.4 Å². The fourth-order valence-electron chi connectivity index (χ4n) is 3.16. The van der Waals surface area contributed by atoms with Gasteiger partial charge in [-0.3, -0.25) is 14.7 Å². The number of non-ortho nitro benzene ring substituents is 1. The van der Waals surface area contributed by atoms with Gasteiger partial charge in [-0.2, -0.15) is 8.42 Å². The lowest BCUT2D eigenvalue weighted by molar-refractivity contribution is -0.384. The highest BCUT2D eigenvalue weighted by atomic mass is 32.3. The molecule has 0 radical (unpaired) electrons. The molecule has 0 unspecified atom stereocenters. The molecule has 0 saturated carbocycles. The first kappa shape index (κ1) is 25.3. The van der Waals surface area contributed by atoms with E-state index in [0.29, 0.717) is 5.56 Å². The summed E-state index contributed by atoms with van der Waals surface area (Å²) in [4.78, 5) is 11.0. The van der Waals surface area contributed by atoms with E-state index in [4.69, 9.17) is 4.55 Å². The van der Waals surface area contributed by atoms with Gasteiger partial charge in [0.15, 0.2) is 0 Å². The predicted molar refractivity (Wildman–Crippen MR) is 125 cm³/mol. The zero-order valence-corrected chi connectivity index (χ0v) is 19.6. The molecule has 2 rings (SSSR count). The Balaban J connectivity index is 2.33. The van der Waals surface area contributed by atoms with Crippen molar-refractivity contribution in [3.63, 3.8) is 0 Å². The molecule has 0 atom stereocenters. The predicted octanol–water partition coefficient (Wildman–Crippen LogP) is 5.30. The number of nitro benzene ring substituents is 1. The Kier molecular flexibility index (Phi) is 9.95. The quantitative estimate of drug-likeness (QED) is 0.185. The van der Waals surface area contributed by atoms with Crippen molar-refractivity contribution in [1.29, 1.82) is 0 Å². The Morgan fingerprint density at radius 2 is 1.65 bits per heavy atom. The molecule has 1 N–H and O–H groups in total. The number of unbranched alkanes of at least 4 members (excludes halogenated alkanes) is 2. The van der Waals surface area contributed by atoms with Crippen molar-refractivity contribution < 1.29 is 22.1 Å². The lowest BCUT2D eigenvalue weighted by Gasteiger charge is -2.13. The fourth-order valence-corrected chi connectivity index (χ4v) is 6.02. The Morgan fingerprint density at radius 3 is 2.16 bits per heavy atom. The molecule has 0 spiro atoms. The van der Waals surface area contributed by atoms with Gasteiger partial charge in [0.1, 0.15) is 17.3 Å². The summed E-state index contributed by atoms with van der Waals surface area (Å²) in [5.74, 6) is 3.22. The molecule has 0 aromatic heterocycles. The van der Waals surface area contributed by atoms with Crippen molar-refractivity contribution in [3.8, 4) is 11.1 Å². The number of benzene rings is 2. The van der Waals surface area contributed by atoms with Gasteiger partial charge in [0.05, 0.1) is 11.5 Å². The minimum atomic E-state index is -4.51. The van der Waals surface area contributed by atoms with Crippen molar-refractivity contribution >= 4 is 27.0 Å². The van der Waals surface area contributed by atoms with Crippen LogP contribution < -0.4 is 0 Å². The number of hydrogen-bond acceptors (Lipinski definition) is 5. The summed E-state index contributed by atoms with van der Waals surface area (Å²) < 4.78 is 34.7. The highest BCUT2D eigenvalue weighted by Crippen LogP contribution is 2.30. The standard InChI is InChI=1S/C22H29NO6S2/c1-3-5-13-30(14-6-4-2)17-20-11-12-21(23(24)25)15-22(20)19-9-7-18(8-10-19)16-29-31(26,27)28/h7-12,15H,3-6,13-14,16-17H2,1-2H3/p+1. The van der Waals surface area contributed by atoms with Gasteiger partial charge in [-0.15, -0.1) is 0 Å². The number of rotatable bonds is 13. The van der Waals surface area contributed by atoms with E-state index in [-0.39, 0.29) is 23.2 Å². The lowest BCUT2D eigenvalue weighted by Crippen LogP contribution is -2.15. The molecular weight excluding hydrogens is 438 g/mol. The summed E-state index contributed by atoms with van der Waals surface area (Å²) in [6, 6.07) is 12.0. The molecule has 0 fully saturated rings. The molecule has 0 amide bonds. The van der Waals surface area contributed by atoms with Crippen molar-refractivity contribution in [2.75, 3.05) is 11.5 Å². The van der Waals surface area contributed by atoms with Crippen molar-refractivity contribution in [2.24, 2.45) is 0 Å². The average Bonchev–Trinajstić information content (AvgIpc) is 2.74. The van der Waals surface area contributed by atoms with Gasteiger partial charge in [-0.25, -0.2) is 4.18 Å². The smallest absolute Gasteiger partial charge is 0.264 e. The molecule has 31 heavy (non-hydrogen) atoms. The van der Waals surface area contributed by atoms with Crippen LogP contribution in [0.5, 0.6) is 0 Å². The van der Waals surface area contributed by atoms with Gasteiger partial charge in [0.2, 0.25) is 0 Å². The second-order valence-corrected chi connectivity index (χ2v) is 10.8. The second kappa shape index (κ2) is 12.2. The van der Waals surface area contributed by atoms with E-state index < -0.39 is 15.3 Å². The van der Waals surface area contributed by atoms with E-state index in [9.17, 15) is 18.5 Å². The highest BCUT2D eigenvalue weighted by Gasteiger charge is 2.22. The van der Waals surface area contributed by atoms with E-state index in [1.165, 1.54) is 24.3 Å². The molecule has 7 nitrogen and oxygen atoms in total. The van der Waals surface area contributed by atoms with E-state index >= 15 is 0 Å². The SMILES string of the molecule is CCCC[S+](CCCC)Cc1ccc([N+](=O)[O-])cc1-c1ccc(COS(=O)(=O)O)cc1. The average molecular weight is 469 g/mol. The third-order valence-electron chi connectivity index (χ3n) is 4.88. The monoisotopic (exact) mass is 468 g/mol. The third kappa shape index (κ3) is 8.60.